The van der Waals surface area contributed by atoms with E-state index in [9.17, 15) is 8.78 Å². The van der Waals surface area contributed by atoms with Crippen LogP contribution in [0, 0.1) is 11.6 Å². The number of hydrogen-bond acceptors (Lipinski definition) is 2. The lowest BCUT2D eigenvalue weighted by atomic mass is 9.82. The molecule has 1 saturated carbocycles. The number of ether oxygens (including phenoxy) is 2. The van der Waals surface area contributed by atoms with Gasteiger partial charge in [-0.2, -0.15) is 4.39 Å². The number of methoxy groups -OCH3 is 2. The van der Waals surface area contributed by atoms with Crippen LogP contribution in [-0.4, -0.2) is 20.3 Å². The van der Waals surface area contributed by atoms with Crippen LogP contribution < -0.4 is 4.74 Å². The van der Waals surface area contributed by atoms with Crippen molar-refractivity contribution in [1.29, 1.82) is 0 Å². The lowest BCUT2D eigenvalue weighted by molar-refractivity contribution is 0.0659. The van der Waals surface area contributed by atoms with E-state index in [2.05, 4.69) is 0 Å². The van der Waals surface area contributed by atoms with Crippen molar-refractivity contribution in [1.82, 2.24) is 0 Å². The molecule has 1 fully saturated rings. The van der Waals surface area contributed by atoms with E-state index in [1.54, 1.807) is 13.2 Å². The van der Waals surface area contributed by atoms with Gasteiger partial charge in [0.1, 0.15) is 0 Å². The van der Waals surface area contributed by atoms with Crippen LogP contribution in [0.25, 0.3) is 11.1 Å². The molecular weight excluding hydrogens is 310 g/mol. The molecule has 3 rings (SSSR count). The molecule has 128 valence electrons. The van der Waals surface area contributed by atoms with Crippen LogP contribution in [0.4, 0.5) is 8.78 Å². The maximum Gasteiger partial charge on any atom is 0.201 e. The summed E-state index contributed by atoms with van der Waals surface area (Å²) in [6, 6.07) is 10.8. The quantitative estimate of drug-likeness (QED) is 0.755. The van der Waals surface area contributed by atoms with Crippen molar-refractivity contribution in [3.05, 3.63) is 53.6 Å². The summed E-state index contributed by atoms with van der Waals surface area (Å²) >= 11 is 0. The van der Waals surface area contributed by atoms with E-state index in [0.29, 0.717) is 17.6 Å². The third kappa shape index (κ3) is 3.29. The molecule has 2 aromatic carbocycles. The molecule has 24 heavy (non-hydrogen) atoms. The van der Waals surface area contributed by atoms with Crippen molar-refractivity contribution >= 4 is 0 Å². The molecule has 0 unspecified atom stereocenters. The van der Waals surface area contributed by atoms with Crippen molar-refractivity contribution < 1.29 is 18.3 Å². The van der Waals surface area contributed by atoms with Crippen LogP contribution in [0.2, 0.25) is 0 Å². The summed E-state index contributed by atoms with van der Waals surface area (Å²) in [5.74, 6) is -1.38. The average Bonchev–Trinajstić information content (AvgIpc) is 2.64. The topological polar surface area (TPSA) is 18.5 Å². The molecule has 0 radical (unpaired) electrons. The number of halogens is 2. The van der Waals surface area contributed by atoms with Crippen molar-refractivity contribution in [2.45, 2.75) is 37.7 Å². The SMILES string of the molecule is COc1ccc(-c2ccc(C3CCC(OC)CC3)cc2)c(F)c1F. The first-order chi connectivity index (χ1) is 11.6. The monoisotopic (exact) mass is 332 g/mol. The summed E-state index contributed by atoms with van der Waals surface area (Å²) in [7, 11) is 3.09. The Morgan fingerprint density at radius 3 is 2.08 bits per heavy atom. The fourth-order valence-corrected chi connectivity index (χ4v) is 3.48. The first-order valence-corrected chi connectivity index (χ1v) is 8.29. The van der Waals surface area contributed by atoms with E-state index < -0.39 is 11.6 Å². The standard InChI is InChI=1S/C20H22F2O2/c1-23-16-9-7-14(8-10-16)13-3-5-15(6-4-13)17-11-12-18(24-2)20(22)19(17)21/h3-6,11-12,14,16H,7-10H2,1-2H3. The van der Waals surface area contributed by atoms with Crippen LogP contribution in [0.1, 0.15) is 37.2 Å². The van der Waals surface area contributed by atoms with Crippen LogP contribution in [-0.2, 0) is 4.74 Å². The smallest absolute Gasteiger partial charge is 0.201 e. The molecule has 2 aromatic rings. The summed E-state index contributed by atoms with van der Waals surface area (Å²) in [4.78, 5) is 0. The summed E-state index contributed by atoms with van der Waals surface area (Å²) in [6.07, 6.45) is 4.71. The summed E-state index contributed by atoms with van der Waals surface area (Å²) < 4.78 is 38.3. The molecule has 1 aliphatic rings. The molecule has 0 bridgehead atoms. The first-order valence-electron chi connectivity index (χ1n) is 8.29. The normalized spacial score (nSPS) is 20.8. The number of hydrogen-bond donors (Lipinski definition) is 0. The Morgan fingerprint density at radius 1 is 0.833 bits per heavy atom. The fourth-order valence-electron chi connectivity index (χ4n) is 3.48. The first kappa shape index (κ1) is 16.9. The lowest BCUT2D eigenvalue weighted by Gasteiger charge is -2.28. The Kier molecular flexibility index (Phi) is 5.14. The Morgan fingerprint density at radius 2 is 1.50 bits per heavy atom. The van der Waals surface area contributed by atoms with Gasteiger partial charge in [-0.1, -0.05) is 24.3 Å². The van der Waals surface area contributed by atoms with Gasteiger partial charge in [0.25, 0.3) is 0 Å². The van der Waals surface area contributed by atoms with Gasteiger partial charge in [0.15, 0.2) is 11.6 Å². The highest BCUT2D eigenvalue weighted by atomic mass is 19.2. The molecule has 0 saturated heterocycles. The molecular formula is C20H22F2O2. The second-order valence-corrected chi connectivity index (χ2v) is 6.27. The van der Waals surface area contributed by atoms with Gasteiger partial charge in [0.05, 0.1) is 13.2 Å². The molecule has 2 nitrogen and oxygen atoms in total. The Bertz CT molecular complexity index is 690. The molecule has 0 heterocycles. The summed E-state index contributed by atoms with van der Waals surface area (Å²) in [6.45, 7) is 0. The van der Waals surface area contributed by atoms with Crippen LogP contribution in [0.5, 0.6) is 5.75 Å². The molecule has 0 N–H and O–H groups in total. The zero-order valence-electron chi connectivity index (χ0n) is 14.0. The molecule has 0 aromatic heterocycles. The van der Waals surface area contributed by atoms with Crippen molar-refractivity contribution in [3.63, 3.8) is 0 Å². The second kappa shape index (κ2) is 7.31. The van der Waals surface area contributed by atoms with Gasteiger partial charge in [-0.05, 0) is 54.9 Å². The highest BCUT2D eigenvalue weighted by Gasteiger charge is 2.22. The molecule has 0 amide bonds. The minimum atomic E-state index is -0.947. The van der Waals surface area contributed by atoms with Crippen LogP contribution in [0.15, 0.2) is 36.4 Å². The van der Waals surface area contributed by atoms with Gasteiger partial charge in [-0.15, -0.1) is 0 Å². The molecule has 0 atom stereocenters. The van der Waals surface area contributed by atoms with Crippen molar-refractivity contribution in [2.24, 2.45) is 0 Å². The fraction of sp³-hybridized carbons (Fsp3) is 0.400. The van der Waals surface area contributed by atoms with E-state index in [1.165, 1.54) is 18.7 Å². The van der Waals surface area contributed by atoms with E-state index >= 15 is 0 Å². The van der Waals surface area contributed by atoms with Crippen molar-refractivity contribution in [3.8, 4) is 16.9 Å². The number of rotatable bonds is 4. The van der Waals surface area contributed by atoms with Crippen LogP contribution >= 0.6 is 0 Å². The van der Waals surface area contributed by atoms with Gasteiger partial charge in [-0.25, -0.2) is 4.39 Å². The van der Waals surface area contributed by atoms with E-state index in [1.807, 2.05) is 24.3 Å². The Balaban J connectivity index is 1.79. The van der Waals surface area contributed by atoms with Crippen molar-refractivity contribution in [2.75, 3.05) is 14.2 Å². The average molecular weight is 332 g/mol. The second-order valence-electron chi connectivity index (χ2n) is 6.27. The third-order valence-electron chi connectivity index (χ3n) is 4.97. The zero-order chi connectivity index (χ0) is 17.1. The summed E-state index contributed by atoms with van der Waals surface area (Å²) in [5.41, 5.74) is 2.18. The number of benzene rings is 2. The molecule has 4 heteroatoms. The maximum atomic E-state index is 14.2. The molecule has 1 aliphatic carbocycles. The van der Waals surface area contributed by atoms with E-state index in [-0.39, 0.29) is 11.3 Å². The van der Waals surface area contributed by atoms with E-state index in [4.69, 9.17) is 9.47 Å². The van der Waals surface area contributed by atoms with Gasteiger partial charge >= 0.3 is 0 Å². The minimum absolute atomic E-state index is 0.0808. The van der Waals surface area contributed by atoms with E-state index in [0.717, 1.165) is 25.7 Å². The highest BCUT2D eigenvalue weighted by molar-refractivity contribution is 5.65. The third-order valence-corrected chi connectivity index (χ3v) is 4.97. The van der Waals surface area contributed by atoms with Gasteiger partial charge in [0, 0.05) is 12.7 Å². The van der Waals surface area contributed by atoms with Gasteiger partial charge in [-0.3, -0.25) is 0 Å². The lowest BCUT2D eigenvalue weighted by Crippen LogP contribution is -2.19. The zero-order valence-corrected chi connectivity index (χ0v) is 14.0. The predicted molar refractivity (Wildman–Crippen MR) is 90.4 cm³/mol. The highest BCUT2D eigenvalue weighted by Crippen LogP contribution is 2.35. The largest absolute Gasteiger partial charge is 0.494 e. The Hall–Kier alpha value is -1.94. The predicted octanol–water partition coefficient (Wildman–Crippen LogP) is 5.31. The summed E-state index contributed by atoms with van der Waals surface area (Å²) in [5, 5.41) is 0. The molecule has 0 spiro atoms. The van der Waals surface area contributed by atoms with Crippen LogP contribution in [0.3, 0.4) is 0 Å². The Labute approximate surface area is 141 Å². The minimum Gasteiger partial charge on any atom is -0.494 e. The van der Waals surface area contributed by atoms with Gasteiger partial charge < -0.3 is 9.47 Å². The molecule has 0 aliphatic heterocycles. The maximum absolute atomic E-state index is 14.2. The van der Waals surface area contributed by atoms with Gasteiger partial charge in [0.2, 0.25) is 5.82 Å².